The van der Waals surface area contributed by atoms with Crippen molar-refractivity contribution in [3.8, 4) is 5.75 Å². The first-order valence-electron chi connectivity index (χ1n) is 10.6. The zero-order chi connectivity index (χ0) is 25.3. The molecule has 0 heterocycles. The smallest absolute Gasteiger partial charge is 0.255 e. The molecular formula is C23H25N3O8. The van der Waals surface area contributed by atoms with Crippen LogP contribution in [0.4, 0.5) is 0 Å². The summed E-state index contributed by atoms with van der Waals surface area (Å²) in [5.41, 5.74) is 2.41. The van der Waals surface area contributed by atoms with Crippen LogP contribution in [0.25, 0.3) is 0 Å². The molecule has 1 aromatic carbocycles. The van der Waals surface area contributed by atoms with Crippen LogP contribution >= 0.6 is 0 Å². The average molecular weight is 471 g/mol. The van der Waals surface area contributed by atoms with Crippen molar-refractivity contribution < 1.29 is 40.0 Å². The van der Waals surface area contributed by atoms with Crippen molar-refractivity contribution in [1.82, 2.24) is 4.90 Å². The van der Waals surface area contributed by atoms with Crippen molar-refractivity contribution in [3.63, 3.8) is 0 Å². The average Bonchev–Trinajstić information content (AvgIpc) is 2.75. The number of carbonyl (C=O) groups excluding carboxylic acids is 3. The Balaban J connectivity index is 1.98. The van der Waals surface area contributed by atoms with Gasteiger partial charge in [0, 0.05) is 17.1 Å². The van der Waals surface area contributed by atoms with E-state index in [0.717, 1.165) is 0 Å². The molecule has 4 atom stereocenters. The summed E-state index contributed by atoms with van der Waals surface area (Å²) in [5, 5.41) is 56.3. The molecule has 11 nitrogen and oxygen atoms in total. The van der Waals surface area contributed by atoms with Gasteiger partial charge >= 0.3 is 0 Å². The van der Waals surface area contributed by atoms with E-state index in [0.29, 0.717) is 11.1 Å². The summed E-state index contributed by atoms with van der Waals surface area (Å²) in [5.74, 6) is -7.09. The number of phenolic OH excluding ortho intramolecular Hbond substituents is 1. The van der Waals surface area contributed by atoms with E-state index >= 15 is 0 Å². The van der Waals surface area contributed by atoms with Gasteiger partial charge in [-0.2, -0.15) is 0 Å². The Bertz CT molecular complexity index is 1240. The summed E-state index contributed by atoms with van der Waals surface area (Å²) in [4.78, 5) is 40.2. The van der Waals surface area contributed by atoms with Gasteiger partial charge in [-0.05, 0) is 57.5 Å². The second-order valence-corrected chi connectivity index (χ2v) is 9.13. The molecule has 3 aliphatic rings. The van der Waals surface area contributed by atoms with Gasteiger partial charge in [0.1, 0.15) is 22.8 Å². The first-order chi connectivity index (χ1) is 15.9. The first-order valence-corrected chi connectivity index (χ1v) is 10.6. The number of nitrogens with zero attached hydrogens (tertiary/aromatic N) is 2. The third-order valence-electron chi connectivity index (χ3n) is 7.15. The molecule has 0 radical (unpaired) electrons. The highest BCUT2D eigenvalue weighted by Gasteiger charge is 2.63. The summed E-state index contributed by atoms with van der Waals surface area (Å²) in [6.07, 6.45) is 0.0985. The fourth-order valence-electron chi connectivity index (χ4n) is 5.64. The highest BCUT2D eigenvalue weighted by atomic mass is 16.4. The molecule has 1 aromatic rings. The van der Waals surface area contributed by atoms with Gasteiger partial charge in [-0.25, -0.2) is 0 Å². The maximum atomic E-state index is 13.5. The Hall–Kier alpha value is -3.70. The van der Waals surface area contributed by atoms with E-state index in [1.54, 1.807) is 14.1 Å². The highest BCUT2D eigenvalue weighted by Crippen LogP contribution is 2.52. The Kier molecular flexibility index (Phi) is 5.29. The zero-order valence-electron chi connectivity index (χ0n) is 18.7. The molecule has 0 fully saturated rings. The number of ketones is 2. The lowest BCUT2D eigenvalue weighted by molar-refractivity contribution is -0.148. The van der Waals surface area contributed by atoms with Crippen molar-refractivity contribution in [2.75, 3.05) is 14.1 Å². The van der Waals surface area contributed by atoms with Crippen LogP contribution in [0.1, 0.15) is 34.8 Å². The zero-order valence-corrected chi connectivity index (χ0v) is 18.7. The number of Topliss-reactive ketones (excluding diaryl/α,β-unsaturated/α-hetero) is 2. The minimum Gasteiger partial charge on any atom is -0.510 e. The van der Waals surface area contributed by atoms with Crippen LogP contribution in [-0.4, -0.2) is 79.5 Å². The number of fused-ring (bicyclic) bond motifs is 3. The fourth-order valence-corrected chi connectivity index (χ4v) is 5.64. The number of aliphatic hydroxyl groups excluding tert-OH is 2. The molecule has 0 unspecified atom stereocenters. The minimum atomic E-state index is -2.68. The van der Waals surface area contributed by atoms with E-state index < -0.39 is 58.0 Å². The Morgan fingerprint density at radius 2 is 1.85 bits per heavy atom. The molecule has 0 saturated heterocycles. The molecule has 0 bridgehead atoms. The molecule has 0 aromatic heterocycles. The third kappa shape index (κ3) is 2.90. The lowest BCUT2D eigenvalue weighted by Gasteiger charge is -2.50. The number of hydrogen-bond donors (Lipinski definition) is 6. The number of benzene rings is 1. The number of carbonyl (C=O) groups is 3. The largest absolute Gasteiger partial charge is 0.510 e. The van der Waals surface area contributed by atoms with Gasteiger partial charge in [0.05, 0.1) is 17.3 Å². The first kappa shape index (κ1) is 23.5. The predicted octanol–water partition coefficient (Wildman–Crippen LogP) is 0.319. The number of aliphatic hydroxyl groups is 3. The number of primary amides is 1. The number of aromatic hydroxyl groups is 1. The van der Waals surface area contributed by atoms with Crippen LogP contribution in [0.2, 0.25) is 0 Å². The maximum Gasteiger partial charge on any atom is 0.255 e. The molecule has 34 heavy (non-hydrogen) atoms. The number of oxime groups is 1. The quantitative estimate of drug-likeness (QED) is 0.156. The summed E-state index contributed by atoms with van der Waals surface area (Å²) >= 11 is 0. The molecule has 180 valence electrons. The number of nitrogens with two attached hydrogens (primary N) is 1. The summed E-state index contributed by atoms with van der Waals surface area (Å²) in [7, 11) is 3.12. The summed E-state index contributed by atoms with van der Waals surface area (Å²) < 4.78 is 0. The van der Waals surface area contributed by atoms with E-state index in [9.17, 15) is 40.0 Å². The Morgan fingerprint density at radius 1 is 1.21 bits per heavy atom. The molecule has 0 aliphatic heterocycles. The van der Waals surface area contributed by atoms with Gasteiger partial charge in [-0.1, -0.05) is 5.16 Å². The van der Waals surface area contributed by atoms with Crippen LogP contribution in [0.3, 0.4) is 0 Å². The number of hydrogen-bond acceptors (Lipinski definition) is 10. The number of rotatable bonds is 3. The van der Waals surface area contributed by atoms with Gasteiger partial charge in [-0.3, -0.25) is 19.3 Å². The van der Waals surface area contributed by atoms with Gasteiger partial charge < -0.3 is 31.4 Å². The minimum absolute atomic E-state index is 0.0177. The molecule has 7 N–H and O–H groups in total. The summed E-state index contributed by atoms with van der Waals surface area (Å²) in [6.45, 7) is 1.52. The van der Waals surface area contributed by atoms with E-state index in [2.05, 4.69) is 5.16 Å². The lowest BCUT2D eigenvalue weighted by Crippen LogP contribution is -2.63. The molecule has 11 heteroatoms. The highest BCUT2D eigenvalue weighted by molar-refractivity contribution is 6.25. The molecular weight excluding hydrogens is 446 g/mol. The third-order valence-corrected chi connectivity index (χ3v) is 7.15. The van der Waals surface area contributed by atoms with Crippen molar-refractivity contribution in [1.29, 1.82) is 0 Å². The van der Waals surface area contributed by atoms with Gasteiger partial charge in [-0.15, -0.1) is 0 Å². The lowest BCUT2D eigenvalue weighted by atomic mass is 9.58. The number of likely N-dealkylation sites (N-methyl/N-ethyl adjacent to an activating group) is 1. The second-order valence-electron chi connectivity index (χ2n) is 9.13. The van der Waals surface area contributed by atoms with Crippen LogP contribution in [0, 0.1) is 11.8 Å². The van der Waals surface area contributed by atoms with Gasteiger partial charge in [0.25, 0.3) is 5.91 Å². The van der Waals surface area contributed by atoms with Crippen LogP contribution < -0.4 is 5.73 Å². The van der Waals surface area contributed by atoms with E-state index in [-0.39, 0.29) is 35.4 Å². The van der Waals surface area contributed by atoms with Crippen molar-refractivity contribution in [2.45, 2.75) is 31.4 Å². The van der Waals surface area contributed by atoms with E-state index in [1.807, 2.05) is 0 Å². The Morgan fingerprint density at radius 3 is 2.41 bits per heavy atom. The fraction of sp³-hybridized carbons (Fsp3) is 0.391. The predicted molar refractivity (Wildman–Crippen MR) is 118 cm³/mol. The summed E-state index contributed by atoms with van der Waals surface area (Å²) in [6, 6.07) is 1.69. The molecule has 0 spiro atoms. The van der Waals surface area contributed by atoms with Crippen LogP contribution in [0.15, 0.2) is 40.0 Å². The van der Waals surface area contributed by atoms with Crippen molar-refractivity contribution in [3.05, 3.63) is 51.5 Å². The van der Waals surface area contributed by atoms with Crippen LogP contribution in [0.5, 0.6) is 5.75 Å². The van der Waals surface area contributed by atoms with Crippen molar-refractivity contribution in [2.24, 2.45) is 22.7 Å². The maximum absolute atomic E-state index is 13.5. The second kappa shape index (κ2) is 7.67. The molecule has 1 amide bonds. The topological polar surface area (TPSA) is 194 Å². The van der Waals surface area contributed by atoms with Gasteiger partial charge in [0.2, 0.25) is 5.78 Å². The molecule has 3 aliphatic carbocycles. The van der Waals surface area contributed by atoms with E-state index in [4.69, 9.17) is 5.73 Å². The number of allylic oxidation sites excluding steroid dienone is 1. The number of amides is 1. The number of phenols is 1. The van der Waals surface area contributed by atoms with Crippen molar-refractivity contribution >= 4 is 23.2 Å². The standard InChI is InChI=1S/C23H25N3O8/c1-8(25-34)10-4-5-13(27)15-11(10)6-9-7-12-17(26(2)3)19(29)16(22(24)32)21(31)23(12,33)20(30)14(9)18(15)28/h4-5,9,12,17,27,29-30,33-34H,6-7H2,1-3H3,(H2,24,32)/b25-8-/t9-,12+,17+,23-/m0/s1. The van der Waals surface area contributed by atoms with Gasteiger partial charge in [0.15, 0.2) is 11.4 Å². The Labute approximate surface area is 194 Å². The SMILES string of the molecule is C/C(=N/O)c1ccc(O)c2c1C[C@H]1C[C@@H]3[C@@H](N(C)C)C(O)=C(C(N)=O)C(=O)[C@@]3(O)C(O)=C1C2=O. The van der Waals surface area contributed by atoms with Crippen LogP contribution in [-0.2, 0) is 16.0 Å². The molecule has 4 rings (SSSR count). The molecule has 0 saturated carbocycles. The normalized spacial score (nSPS) is 29.2. The van der Waals surface area contributed by atoms with E-state index in [1.165, 1.54) is 24.0 Å². The monoisotopic (exact) mass is 471 g/mol.